The molecule has 2 saturated heterocycles. The second-order valence-corrected chi connectivity index (χ2v) is 7.91. The number of nitrogens with zero attached hydrogens (tertiary/aromatic N) is 1. The molecule has 5 amide bonds. The monoisotopic (exact) mass is 374 g/mol. The van der Waals surface area contributed by atoms with E-state index in [2.05, 4.69) is 16.0 Å². The van der Waals surface area contributed by atoms with Crippen LogP contribution in [0.4, 0.5) is 10.5 Å². The number of hydrogen-bond donors (Lipinski definition) is 3. The molecule has 4 rings (SSSR count). The number of fused-ring (bicyclic) bond motifs is 1. The van der Waals surface area contributed by atoms with Crippen LogP contribution < -0.4 is 16.0 Å². The van der Waals surface area contributed by atoms with Crippen LogP contribution in [0.3, 0.4) is 0 Å². The molecule has 2 fully saturated rings. The first-order valence-corrected chi connectivity index (χ1v) is 9.33. The van der Waals surface area contributed by atoms with Gasteiger partial charge in [0.1, 0.15) is 5.54 Å². The minimum Gasteiger partial charge on any atom is -0.342 e. The van der Waals surface area contributed by atoms with Crippen LogP contribution in [-0.2, 0) is 14.4 Å². The Bertz CT molecular complexity index is 804. The second kappa shape index (κ2) is 6.31. The second-order valence-electron chi connectivity index (χ2n) is 6.67. The summed E-state index contributed by atoms with van der Waals surface area (Å²) in [5, 5.41) is 7.29. The van der Waals surface area contributed by atoms with Gasteiger partial charge in [0.25, 0.3) is 5.91 Å². The fourth-order valence-corrected chi connectivity index (χ4v) is 4.63. The number of urea groups is 1. The molecule has 1 atom stereocenters. The van der Waals surface area contributed by atoms with E-state index in [-0.39, 0.29) is 24.1 Å². The summed E-state index contributed by atoms with van der Waals surface area (Å²) in [5.41, 5.74) is -0.127. The standard InChI is InChI=1S/C17H18N4O4S/c22-13(9-12-14(23)18-10-3-1-2-4-11(10)26-12)21-7-5-17(6-8-21)15(24)19-16(25)20-17/h1-4,12H,5-9H2,(H,18,23)(H2,19,20,24,25). The normalized spacial score (nSPS) is 23.9. The van der Waals surface area contributed by atoms with Crippen LogP contribution in [0.5, 0.6) is 0 Å². The lowest BCUT2D eigenvalue weighted by molar-refractivity contribution is -0.136. The topological polar surface area (TPSA) is 108 Å². The van der Waals surface area contributed by atoms with Crippen LogP contribution in [0.1, 0.15) is 19.3 Å². The highest BCUT2D eigenvalue weighted by Gasteiger charge is 2.48. The van der Waals surface area contributed by atoms with Crippen molar-refractivity contribution >= 4 is 41.2 Å². The number of amides is 5. The highest BCUT2D eigenvalue weighted by molar-refractivity contribution is 8.01. The van der Waals surface area contributed by atoms with Crippen LogP contribution in [0.2, 0.25) is 0 Å². The number of imide groups is 1. The zero-order valence-electron chi connectivity index (χ0n) is 13.9. The first kappa shape index (κ1) is 16.9. The van der Waals surface area contributed by atoms with Crippen molar-refractivity contribution in [2.24, 2.45) is 0 Å². The third kappa shape index (κ3) is 2.92. The molecule has 0 bridgehead atoms. The zero-order valence-corrected chi connectivity index (χ0v) is 14.7. The molecule has 0 radical (unpaired) electrons. The number of para-hydroxylation sites is 1. The number of piperidine rings is 1. The van der Waals surface area contributed by atoms with Crippen LogP contribution in [-0.4, -0.2) is 52.5 Å². The molecular formula is C17H18N4O4S. The van der Waals surface area contributed by atoms with E-state index in [4.69, 9.17) is 0 Å². The Morgan fingerprint density at radius 2 is 1.88 bits per heavy atom. The summed E-state index contributed by atoms with van der Waals surface area (Å²) in [5.74, 6) is -0.608. The summed E-state index contributed by atoms with van der Waals surface area (Å²) < 4.78 is 0. The summed E-state index contributed by atoms with van der Waals surface area (Å²) >= 11 is 1.40. The minimum atomic E-state index is -0.899. The van der Waals surface area contributed by atoms with Crippen molar-refractivity contribution in [1.29, 1.82) is 0 Å². The number of carbonyl (C=O) groups excluding carboxylic acids is 4. The largest absolute Gasteiger partial charge is 0.342 e. The van der Waals surface area contributed by atoms with Gasteiger partial charge in [-0.1, -0.05) is 12.1 Å². The molecule has 1 aromatic rings. The maximum Gasteiger partial charge on any atom is 0.322 e. The van der Waals surface area contributed by atoms with E-state index in [0.717, 1.165) is 10.6 Å². The van der Waals surface area contributed by atoms with Crippen LogP contribution in [0.15, 0.2) is 29.2 Å². The van der Waals surface area contributed by atoms with Gasteiger partial charge < -0.3 is 15.5 Å². The number of anilines is 1. The van der Waals surface area contributed by atoms with E-state index < -0.39 is 16.8 Å². The number of benzene rings is 1. The van der Waals surface area contributed by atoms with Crippen molar-refractivity contribution in [3.8, 4) is 0 Å². The van der Waals surface area contributed by atoms with E-state index in [1.54, 1.807) is 4.90 Å². The van der Waals surface area contributed by atoms with E-state index in [9.17, 15) is 19.2 Å². The predicted octanol–water partition coefficient (Wildman–Crippen LogP) is 0.690. The first-order valence-electron chi connectivity index (χ1n) is 8.45. The van der Waals surface area contributed by atoms with E-state index in [0.29, 0.717) is 25.9 Å². The molecule has 8 nitrogen and oxygen atoms in total. The van der Waals surface area contributed by atoms with E-state index in [1.165, 1.54) is 11.8 Å². The molecule has 0 aliphatic carbocycles. The van der Waals surface area contributed by atoms with Gasteiger partial charge in [-0.25, -0.2) is 4.79 Å². The van der Waals surface area contributed by atoms with Crippen LogP contribution in [0, 0.1) is 0 Å². The summed E-state index contributed by atoms with van der Waals surface area (Å²) in [6, 6.07) is 7.02. The van der Waals surface area contributed by atoms with Gasteiger partial charge in [0, 0.05) is 24.4 Å². The lowest BCUT2D eigenvalue weighted by atomic mass is 9.87. The number of thioether (sulfide) groups is 1. The number of hydrogen-bond acceptors (Lipinski definition) is 5. The molecule has 3 aliphatic rings. The fraction of sp³-hybridized carbons (Fsp3) is 0.412. The summed E-state index contributed by atoms with van der Waals surface area (Å²) in [6.45, 7) is 0.754. The van der Waals surface area contributed by atoms with Crippen molar-refractivity contribution in [2.45, 2.75) is 34.9 Å². The van der Waals surface area contributed by atoms with Gasteiger partial charge in [-0.2, -0.15) is 0 Å². The molecule has 136 valence electrons. The Balaban J connectivity index is 1.37. The van der Waals surface area contributed by atoms with E-state index >= 15 is 0 Å². The Labute approximate surface area is 154 Å². The average molecular weight is 374 g/mol. The molecule has 1 unspecified atom stereocenters. The maximum atomic E-state index is 12.6. The van der Waals surface area contributed by atoms with Crippen molar-refractivity contribution in [1.82, 2.24) is 15.5 Å². The quantitative estimate of drug-likeness (QED) is 0.660. The third-order valence-electron chi connectivity index (χ3n) is 5.05. The van der Waals surface area contributed by atoms with Crippen molar-refractivity contribution in [3.05, 3.63) is 24.3 Å². The van der Waals surface area contributed by atoms with Gasteiger partial charge in [-0.3, -0.25) is 19.7 Å². The molecule has 3 N–H and O–H groups in total. The van der Waals surface area contributed by atoms with Gasteiger partial charge in [-0.05, 0) is 25.0 Å². The molecular weight excluding hydrogens is 356 g/mol. The molecule has 3 aliphatic heterocycles. The number of likely N-dealkylation sites (tertiary alicyclic amines) is 1. The SMILES string of the molecule is O=C1NC(=O)C2(CCN(C(=O)CC3Sc4ccccc4NC3=O)CC2)N1. The highest BCUT2D eigenvalue weighted by Crippen LogP contribution is 2.37. The minimum absolute atomic E-state index is 0.108. The Kier molecular flexibility index (Phi) is 4.10. The summed E-state index contributed by atoms with van der Waals surface area (Å²) in [7, 11) is 0. The van der Waals surface area contributed by atoms with Crippen LogP contribution >= 0.6 is 11.8 Å². The lowest BCUT2D eigenvalue weighted by Gasteiger charge is -2.37. The molecule has 1 aromatic carbocycles. The smallest absolute Gasteiger partial charge is 0.322 e. The van der Waals surface area contributed by atoms with Crippen molar-refractivity contribution in [2.75, 3.05) is 18.4 Å². The van der Waals surface area contributed by atoms with E-state index in [1.807, 2.05) is 24.3 Å². The Hall–Kier alpha value is -2.55. The first-order chi connectivity index (χ1) is 12.5. The highest BCUT2D eigenvalue weighted by atomic mass is 32.2. The van der Waals surface area contributed by atoms with Crippen LogP contribution in [0.25, 0.3) is 0 Å². The van der Waals surface area contributed by atoms with Gasteiger partial charge >= 0.3 is 6.03 Å². The number of carbonyl (C=O) groups is 4. The lowest BCUT2D eigenvalue weighted by Crippen LogP contribution is -2.56. The maximum absolute atomic E-state index is 12.6. The average Bonchev–Trinajstić information content (AvgIpc) is 2.89. The van der Waals surface area contributed by atoms with Crippen molar-refractivity contribution in [3.63, 3.8) is 0 Å². The van der Waals surface area contributed by atoms with Gasteiger partial charge in [-0.15, -0.1) is 11.8 Å². The fourth-order valence-electron chi connectivity index (χ4n) is 3.53. The zero-order chi connectivity index (χ0) is 18.3. The van der Waals surface area contributed by atoms with Gasteiger partial charge in [0.05, 0.1) is 10.9 Å². The number of rotatable bonds is 2. The molecule has 1 spiro atoms. The number of nitrogens with one attached hydrogen (secondary N) is 3. The molecule has 0 saturated carbocycles. The van der Waals surface area contributed by atoms with Crippen molar-refractivity contribution < 1.29 is 19.2 Å². The molecule has 9 heteroatoms. The van der Waals surface area contributed by atoms with Gasteiger partial charge in [0.15, 0.2) is 0 Å². The molecule has 3 heterocycles. The summed E-state index contributed by atoms with van der Waals surface area (Å²) in [6.07, 6.45) is 0.864. The Morgan fingerprint density at radius 1 is 1.15 bits per heavy atom. The summed E-state index contributed by atoms with van der Waals surface area (Å²) in [4.78, 5) is 50.8. The molecule has 0 aromatic heterocycles. The predicted molar refractivity (Wildman–Crippen MR) is 94.6 cm³/mol. The third-order valence-corrected chi connectivity index (χ3v) is 6.33. The molecule has 26 heavy (non-hydrogen) atoms. The Morgan fingerprint density at radius 3 is 2.58 bits per heavy atom. The van der Waals surface area contributed by atoms with Gasteiger partial charge in [0.2, 0.25) is 11.8 Å².